The van der Waals surface area contributed by atoms with Crippen LogP contribution in [0.1, 0.15) is 61.1 Å². The monoisotopic (exact) mass is 384 g/mol. The van der Waals surface area contributed by atoms with Crippen molar-refractivity contribution in [3.05, 3.63) is 0 Å². The molecule has 0 atom stereocenters. The Morgan fingerprint density at radius 3 is 0.750 bits per heavy atom. The molecule has 0 spiro atoms. The van der Waals surface area contributed by atoms with Crippen LogP contribution in [0.3, 0.4) is 0 Å². The topological polar surface area (TPSA) is 71.4 Å². The molecule has 0 saturated carbocycles. The molecule has 0 radical (unpaired) electrons. The molecule has 0 saturated heterocycles. The third-order valence-corrected chi connectivity index (χ3v) is 0. The van der Waals surface area contributed by atoms with Crippen LogP contribution in [-0.4, -0.2) is 27.5 Å². The molecule has 4 nitrogen and oxygen atoms in total. The fourth-order valence-corrected chi connectivity index (χ4v) is 0. The minimum atomic E-state index is -0.250. The second-order valence-corrected chi connectivity index (χ2v) is 1.69. The van der Waals surface area contributed by atoms with Gasteiger partial charge in [0.1, 0.15) is 0 Å². The molecule has 0 aromatic heterocycles. The zero-order valence-corrected chi connectivity index (χ0v) is 17.2. The van der Waals surface area contributed by atoms with Crippen LogP contribution in [0.5, 0.6) is 0 Å². The fourth-order valence-electron chi connectivity index (χ4n) is 0. The molecule has 0 aliphatic heterocycles. The van der Waals surface area contributed by atoms with E-state index in [2.05, 4.69) is 50.1 Å². The van der Waals surface area contributed by atoms with Gasteiger partial charge in [-0.2, -0.15) is 0 Å². The molecule has 8 heteroatoms. The Labute approximate surface area is 153 Å². The Morgan fingerprint density at radius 1 is 0.750 bits per heavy atom. The van der Waals surface area contributed by atoms with Crippen molar-refractivity contribution < 1.29 is 25.2 Å². The summed E-state index contributed by atoms with van der Waals surface area (Å²) in [7, 11) is 0. The first-order chi connectivity index (χ1) is 9.66. The van der Waals surface area contributed by atoms with Gasteiger partial charge in [0.05, 0.1) is 0 Å². The molecule has 0 heterocycles. The van der Waals surface area contributed by atoms with Crippen LogP contribution in [-0.2, 0) is 14.4 Å². The van der Waals surface area contributed by atoms with Crippen molar-refractivity contribution in [3.63, 3.8) is 0 Å². The SMILES string of the molecule is CC.CC.CC.CC.O=CO.O=CS.O=CS.S=CS.[3HH].[3HH].[3HH].[3HH]. The predicted molar refractivity (Wildman–Crippen MR) is 117 cm³/mol. The van der Waals surface area contributed by atoms with Gasteiger partial charge in [0.25, 0.3) is 6.47 Å². The minimum absolute atomic E-state index is 0. The molecule has 0 amide bonds. The summed E-state index contributed by atoms with van der Waals surface area (Å²) >= 11 is 13.8. The van der Waals surface area contributed by atoms with E-state index in [0.717, 1.165) is 0 Å². The van der Waals surface area contributed by atoms with Crippen LogP contribution in [0.4, 0.5) is 0 Å². The van der Waals surface area contributed by atoms with Crippen molar-refractivity contribution in [2.24, 2.45) is 0 Å². The first-order valence-electron chi connectivity index (χ1n) is 5.98. The Morgan fingerprint density at radius 2 is 0.750 bits per heavy atom. The predicted octanol–water partition coefficient (Wildman–Crippen LogP) is 5.88. The van der Waals surface area contributed by atoms with Gasteiger partial charge in [-0.25, -0.2) is 0 Å². The van der Waals surface area contributed by atoms with Crippen molar-refractivity contribution >= 4 is 72.5 Å². The van der Waals surface area contributed by atoms with Crippen molar-refractivity contribution in [3.8, 4) is 0 Å². The highest BCUT2D eigenvalue weighted by molar-refractivity contribution is 8.08. The van der Waals surface area contributed by atoms with Crippen molar-refractivity contribution in [2.45, 2.75) is 55.4 Å². The van der Waals surface area contributed by atoms with Gasteiger partial charge in [0.2, 0.25) is 0 Å². The Balaban J connectivity index is -0.00000000675. The molecule has 0 unspecified atom stereocenters. The van der Waals surface area contributed by atoms with E-state index >= 15 is 0 Å². The Hall–Kier alpha value is -0.0500. The summed E-state index contributed by atoms with van der Waals surface area (Å²) in [6, 6.07) is 0. The van der Waals surface area contributed by atoms with Crippen molar-refractivity contribution in [1.82, 2.24) is 0 Å². The van der Waals surface area contributed by atoms with Crippen molar-refractivity contribution in [1.29, 1.82) is 0 Å². The first kappa shape index (κ1) is 50.2. The smallest absolute Gasteiger partial charge is 0.290 e. The van der Waals surface area contributed by atoms with Crippen molar-refractivity contribution in [2.75, 3.05) is 0 Å². The maximum Gasteiger partial charge on any atom is 0.290 e. The lowest BCUT2D eigenvalue weighted by molar-refractivity contribution is -0.122. The Kier molecular flexibility index (Phi) is 982. The van der Waals surface area contributed by atoms with E-state index in [1.165, 1.54) is 4.70 Å². The van der Waals surface area contributed by atoms with Crippen LogP contribution in [0, 0.1) is 0 Å². The molecule has 0 aromatic carbocycles. The van der Waals surface area contributed by atoms with Gasteiger partial charge in [-0.3, -0.25) is 14.4 Å². The highest BCUT2D eigenvalue weighted by Crippen LogP contribution is 1.50. The second kappa shape index (κ2) is 391. The molecule has 0 aliphatic rings. The van der Waals surface area contributed by atoms with Crippen LogP contribution in [0.2, 0.25) is 0 Å². The number of rotatable bonds is 0. The number of thiocarbonyl (C=S) groups is 1. The highest BCUT2D eigenvalue weighted by Gasteiger charge is 1.24. The second-order valence-electron chi connectivity index (χ2n) is 0.422. The average Bonchev–Trinajstić information content (AvgIpc) is 2.50. The van der Waals surface area contributed by atoms with Gasteiger partial charge in [-0.1, -0.05) is 67.6 Å². The number of carboxylic acid groups (broad SMARTS) is 1. The lowest BCUT2D eigenvalue weighted by Gasteiger charge is -1.34. The lowest BCUT2D eigenvalue weighted by atomic mass is 11.0. The van der Waals surface area contributed by atoms with Crippen LogP contribution in [0.15, 0.2) is 0 Å². The van der Waals surface area contributed by atoms with E-state index in [1.807, 2.05) is 55.4 Å². The summed E-state index contributed by atoms with van der Waals surface area (Å²) in [5.74, 6) is 0. The maximum absolute atomic E-state index is 8.67. The molecular formula is C12H40O4S4. The van der Waals surface area contributed by atoms with Crippen LogP contribution in [0.25, 0.3) is 0 Å². The largest absolute Gasteiger partial charge is 0.483 e. The maximum atomic E-state index is 8.67. The van der Waals surface area contributed by atoms with E-state index in [4.69, 9.17) is 19.5 Å². The zero-order valence-electron chi connectivity index (χ0n) is 13.7. The molecule has 0 aromatic rings. The van der Waals surface area contributed by atoms with Gasteiger partial charge in [-0.05, 0) is 0 Å². The van der Waals surface area contributed by atoms with Crippen LogP contribution >= 0.6 is 50.1 Å². The quantitative estimate of drug-likeness (QED) is 0.239. The fraction of sp³-hybridized carbons (Fsp3) is 0.667. The summed E-state index contributed by atoms with van der Waals surface area (Å²) in [6.45, 7) is 15.8. The highest BCUT2D eigenvalue weighted by atomic mass is 32.1. The number of carbonyl (C=O) groups is 3. The first-order valence-corrected chi connectivity index (χ1v) is 8.00. The number of thiol groups is 3. The van der Waals surface area contributed by atoms with Gasteiger partial charge < -0.3 is 5.11 Å². The lowest BCUT2D eigenvalue weighted by Crippen LogP contribution is -1.49. The van der Waals surface area contributed by atoms with Gasteiger partial charge in [-0.15, -0.1) is 37.9 Å². The normalized spacial score (nSPS) is 3.75. The summed E-state index contributed by atoms with van der Waals surface area (Å²) in [5, 5.41) is 6.89. The molecular weight excluding hydrogens is 336 g/mol. The zero-order chi connectivity index (χ0) is 18.8. The summed E-state index contributed by atoms with van der Waals surface area (Å²) in [6.07, 6.45) is 0. The number of carbonyl (C=O) groups excluding carboxylic acids is 2. The molecule has 20 heavy (non-hydrogen) atoms. The summed E-state index contributed by atoms with van der Waals surface area (Å²) < 4.78 is 1.28. The minimum Gasteiger partial charge on any atom is -0.483 e. The number of hydrogen-bond donors (Lipinski definition) is 4. The van der Waals surface area contributed by atoms with E-state index in [1.54, 1.807) is 0 Å². The summed E-state index contributed by atoms with van der Waals surface area (Å²) in [4.78, 5) is 25.7. The van der Waals surface area contributed by atoms with E-state index in [0.29, 0.717) is 11.2 Å². The third-order valence-electron chi connectivity index (χ3n) is 0. The van der Waals surface area contributed by atoms with Crippen LogP contribution < -0.4 is 0 Å². The van der Waals surface area contributed by atoms with Gasteiger partial charge in [0, 0.05) is 10.4 Å². The average molecular weight is 385 g/mol. The third kappa shape index (κ3) is 2060000. The molecule has 136 valence electrons. The molecule has 1 N–H and O–H groups in total. The number of hydrogen-bond acceptors (Lipinski definition) is 4. The van der Waals surface area contributed by atoms with E-state index in [9.17, 15) is 0 Å². The van der Waals surface area contributed by atoms with E-state index < -0.39 is 0 Å². The standard InChI is InChI=1S/4C2H6.CH2O2.2CH2OS.CH2S2.4H2/c4*1-2;4*2-1-3;;;;/h4*1-2H3;4*1H,(H,2,3);4*1H/i;;;;;;;;4*1+2. The van der Waals surface area contributed by atoms with Gasteiger partial charge in [0.15, 0.2) is 11.2 Å². The van der Waals surface area contributed by atoms with Gasteiger partial charge >= 0.3 is 0 Å². The molecule has 0 fully saturated rings. The molecule has 0 bridgehead atoms. The Bertz CT molecular complexity index is 97.1. The molecule has 0 aliphatic carbocycles. The summed E-state index contributed by atoms with van der Waals surface area (Å²) in [5.41, 5.74) is 0.889. The van der Waals surface area contributed by atoms with E-state index in [-0.39, 0.29) is 12.2 Å². The molecule has 0 rings (SSSR count).